The molecule has 3 aromatic rings. The van der Waals surface area contributed by atoms with Gasteiger partial charge in [-0.1, -0.05) is 11.6 Å². The smallest absolute Gasteiger partial charge is 0.271 e. The Bertz CT molecular complexity index is 909. The summed E-state index contributed by atoms with van der Waals surface area (Å²) in [5, 5.41) is 15.4. The van der Waals surface area contributed by atoms with E-state index in [2.05, 4.69) is 15.1 Å². The molecule has 0 aliphatic rings. The highest BCUT2D eigenvalue weighted by molar-refractivity contribution is 6.50. The molecule has 1 N–H and O–H groups in total. The van der Waals surface area contributed by atoms with Gasteiger partial charge in [0, 0.05) is 30.9 Å². The van der Waals surface area contributed by atoms with E-state index in [-0.39, 0.29) is 5.69 Å². The van der Waals surface area contributed by atoms with Crippen LogP contribution in [0, 0.1) is 17.0 Å². The fraction of sp³-hybridized carbons (Fsp3) is 0.143. The van der Waals surface area contributed by atoms with Crippen molar-refractivity contribution in [3.8, 4) is 0 Å². The van der Waals surface area contributed by atoms with Crippen LogP contribution in [-0.2, 0) is 7.05 Å². The Morgan fingerprint density at radius 1 is 1.50 bits per heavy atom. The second kappa shape index (κ2) is 5.27. The maximum atomic E-state index is 10.8. The van der Waals surface area contributed by atoms with Gasteiger partial charge in [-0.3, -0.25) is 14.8 Å². The van der Waals surface area contributed by atoms with Gasteiger partial charge in [0.1, 0.15) is 5.82 Å². The van der Waals surface area contributed by atoms with Crippen LogP contribution in [0.25, 0.3) is 22.1 Å². The highest BCUT2D eigenvalue weighted by Gasteiger charge is 2.12. The van der Waals surface area contributed by atoms with Crippen LogP contribution < -0.4 is 0 Å². The van der Waals surface area contributed by atoms with Crippen LogP contribution in [0.3, 0.4) is 0 Å². The second-order valence-electron chi connectivity index (χ2n) is 4.88. The number of nitro benzene ring substituents is 1. The highest BCUT2D eigenvalue weighted by atomic mass is 35.5. The van der Waals surface area contributed by atoms with Crippen molar-refractivity contribution in [2.24, 2.45) is 7.05 Å². The Labute approximate surface area is 130 Å². The van der Waals surface area contributed by atoms with Crippen molar-refractivity contribution in [1.29, 1.82) is 0 Å². The van der Waals surface area contributed by atoms with Crippen molar-refractivity contribution in [3.63, 3.8) is 0 Å². The number of fused-ring (bicyclic) bond motifs is 1. The number of halogens is 1. The van der Waals surface area contributed by atoms with Gasteiger partial charge in [-0.25, -0.2) is 4.98 Å². The third-order valence-corrected chi connectivity index (χ3v) is 3.52. The molecule has 0 aliphatic carbocycles. The number of aryl methyl sites for hydroxylation is 2. The number of rotatable bonds is 3. The van der Waals surface area contributed by atoms with E-state index < -0.39 is 4.92 Å². The maximum Gasteiger partial charge on any atom is 0.271 e. The Hall–Kier alpha value is -2.67. The molecule has 3 rings (SSSR count). The zero-order valence-corrected chi connectivity index (χ0v) is 12.6. The summed E-state index contributed by atoms with van der Waals surface area (Å²) in [6, 6.07) is 4.44. The maximum absolute atomic E-state index is 10.8. The zero-order chi connectivity index (χ0) is 15.9. The van der Waals surface area contributed by atoms with Crippen molar-refractivity contribution in [2.45, 2.75) is 6.92 Å². The van der Waals surface area contributed by atoms with Gasteiger partial charge in [0.2, 0.25) is 0 Å². The molecule has 22 heavy (non-hydrogen) atoms. The molecule has 0 saturated carbocycles. The van der Waals surface area contributed by atoms with E-state index in [1.807, 2.05) is 20.2 Å². The Morgan fingerprint density at radius 3 is 2.91 bits per heavy atom. The van der Waals surface area contributed by atoms with Crippen LogP contribution in [-0.4, -0.2) is 24.7 Å². The lowest BCUT2D eigenvalue weighted by Crippen LogP contribution is -1.86. The molecule has 0 spiro atoms. The second-order valence-corrected chi connectivity index (χ2v) is 5.29. The van der Waals surface area contributed by atoms with Crippen molar-refractivity contribution < 1.29 is 4.92 Å². The number of imidazole rings is 1. The van der Waals surface area contributed by atoms with Gasteiger partial charge in [0.05, 0.1) is 26.7 Å². The number of aromatic nitrogens is 4. The van der Waals surface area contributed by atoms with E-state index in [9.17, 15) is 10.1 Å². The van der Waals surface area contributed by atoms with Gasteiger partial charge < -0.3 is 4.98 Å². The summed E-state index contributed by atoms with van der Waals surface area (Å²) in [6.07, 6.45) is 3.61. The number of aromatic amines is 1. The van der Waals surface area contributed by atoms with Crippen molar-refractivity contribution in [2.75, 3.05) is 0 Å². The molecular weight excluding hydrogens is 306 g/mol. The molecule has 0 aliphatic heterocycles. The Kier molecular flexibility index (Phi) is 3.42. The standard InChI is InChI=1S/C14H12ClN5O2/c1-8-9(7-19(2)18-8)5-11(15)14-16-12-4-3-10(20(21)22)6-13(12)17-14/h3-7H,1-2H3,(H,16,17)/b11-5-. The summed E-state index contributed by atoms with van der Waals surface area (Å²) in [4.78, 5) is 17.7. The average Bonchev–Trinajstić information content (AvgIpc) is 3.01. The minimum atomic E-state index is -0.448. The van der Waals surface area contributed by atoms with Crippen LogP contribution in [0.2, 0.25) is 0 Å². The van der Waals surface area contributed by atoms with Gasteiger partial charge in [-0.15, -0.1) is 0 Å². The molecule has 8 heteroatoms. The summed E-state index contributed by atoms with van der Waals surface area (Å²) in [5.74, 6) is 0.459. The number of hydrogen-bond acceptors (Lipinski definition) is 4. The summed E-state index contributed by atoms with van der Waals surface area (Å²) < 4.78 is 1.70. The molecule has 0 atom stereocenters. The van der Waals surface area contributed by atoms with Gasteiger partial charge in [0.25, 0.3) is 5.69 Å². The SMILES string of the molecule is Cc1nn(C)cc1/C=C(\Cl)c1nc2ccc([N+](=O)[O-])cc2[nH]1. The van der Waals surface area contributed by atoms with Crippen molar-refractivity contribution in [3.05, 3.63) is 51.6 Å². The number of hydrogen-bond donors (Lipinski definition) is 1. The van der Waals surface area contributed by atoms with Crippen LogP contribution in [0.5, 0.6) is 0 Å². The van der Waals surface area contributed by atoms with E-state index in [1.165, 1.54) is 12.1 Å². The van der Waals surface area contributed by atoms with Gasteiger partial charge in [0.15, 0.2) is 0 Å². The molecule has 0 unspecified atom stereocenters. The van der Waals surface area contributed by atoms with E-state index in [1.54, 1.807) is 16.8 Å². The minimum Gasteiger partial charge on any atom is -0.337 e. The number of nitrogens with one attached hydrogen (secondary N) is 1. The number of non-ortho nitro benzene ring substituents is 1. The number of H-pyrrole nitrogens is 1. The Morgan fingerprint density at radius 2 is 2.27 bits per heavy atom. The monoisotopic (exact) mass is 317 g/mol. The first-order valence-electron chi connectivity index (χ1n) is 6.46. The topological polar surface area (TPSA) is 89.6 Å². The molecule has 112 valence electrons. The fourth-order valence-corrected chi connectivity index (χ4v) is 2.40. The third-order valence-electron chi connectivity index (χ3n) is 3.24. The summed E-state index contributed by atoms with van der Waals surface area (Å²) >= 11 is 6.29. The third kappa shape index (κ3) is 2.58. The summed E-state index contributed by atoms with van der Waals surface area (Å²) in [5.41, 5.74) is 2.94. The van der Waals surface area contributed by atoms with E-state index >= 15 is 0 Å². The predicted octanol–water partition coefficient (Wildman–Crippen LogP) is 3.25. The van der Waals surface area contributed by atoms with E-state index in [0.29, 0.717) is 21.9 Å². The first-order chi connectivity index (χ1) is 10.4. The first kappa shape index (κ1) is 14.3. The molecular formula is C14H12ClN5O2. The fourth-order valence-electron chi connectivity index (χ4n) is 2.19. The molecule has 0 bridgehead atoms. The molecule has 0 radical (unpaired) electrons. The Balaban J connectivity index is 2.02. The number of nitro groups is 1. The zero-order valence-electron chi connectivity index (χ0n) is 11.9. The lowest BCUT2D eigenvalue weighted by molar-refractivity contribution is -0.384. The average molecular weight is 318 g/mol. The van der Waals surface area contributed by atoms with Gasteiger partial charge >= 0.3 is 0 Å². The molecule has 0 fully saturated rings. The molecule has 0 saturated heterocycles. The van der Waals surface area contributed by atoms with Crippen LogP contribution in [0.15, 0.2) is 24.4 Å². The lowest BCUT2D eigenvalue weighted by atomic mass is 10.2. The first-order valence-corrected chi connectivity index (χ1v) is 6.84. The van der Waals surface area contributed by atoms with Crippen molar-refractivity contribution in [1.82, 2.24) is 19.7 Å². The quantitative estimate of drug-likeness (QED) is 0.593. The minimum absolute atomic E-state index is 0.00547. The molecule has 2 heterocycles. The van der Waals surface area contributed by atoms with E-state index in [4.69, 9.17) is 11.6 Å². The van der Waals surface area contributed by atoms with Crippen LogP contribution >= 0.6 is 11.6 Å². The number of benzene rings is 1. The normalized spacial score (nSPS) is 12.0. The molecule has 2 aromatic heterocycles. The van der Waals surface area contributed by atoms with Crippen molar-refractivity contribution >= 4 is 39.4 Å². The lowest BCUT2D eigenvalue weighted by Gasteiger charge is -1.93. The van der Waals surface area contributed by atoms with Crippen LogP contribution in [0.1, 0.15) is 17.1 Å². The summed E-state index contributed by atoms with van der Waals surface area (Å²) in [6.45, 7) is 1.89. The van der Waals surface area contributed by atoms with Gasteiger partial charge in [-0.05, 0) is 19.1 Å². The largest absolute Gasteiger partial charge is 0.337 e. The molecule has 0 amide bonds. The van der Waals surface area contributed by atoms with Crippen LogP contribution in [0.4, 0.5) is 5.69 Å². The van der Waals surface area contributed by atoms with E-state index in [0.717, 1.165) is 11.3 Å². The summed E-state index contributed by atoms with van der Waals surface area (Å²) in [7, 11) is 1.83. The predicted molar refractivity (Wildman–Crippen MR) is 84.4 cm³/mol. The highest BCUT2D eigenvalue weighted by Crippen LogP contribution is 2.25. The molecule has 1 aromatic carbocycles. The number of nitrogens with zero attached hydrogens (tertiary/aromatic N) is 4. The van der Waals surface area contributed by atoms with Gasteiger partial charge in [-0.2, -0.15) is 5.10 Å². The molecule has 7 nitrogen and oxygen atoms in total.